The predicted octanol–water partition coefficient (Wildman–Crippen LogP) is 1.65. The first-order valence-corrected chi connectivity index (χ1v) is 5.35. The molecule has 0 saturated heterocycles. The lowest BCUT2D eigenvalue weighted by atomic mass is 10.1. The van der Waals surface area contributed by atoms with E-state index in [0.717, 1.165) is 0 Å². The Labute approximate surface area is 109 Å². The number of hydrogen-bond acceptors (Lipinski definition) is 4. The highest BCUT2D eigenvalue weighted by molar-refractivity contribution is 5.97. The van der Waals surface area contributed by atoms with E-state index in [1.165, 1.54) is 20.3 Å². The monoisotopic (exact) mass is 266 g/mol. The van der Waals surface area contributed by atoms with E-state index >= 15 is 0 Å². The van der Waals surface area contributed by atoms with Gasteiger partial charge in [0.25, 0.3) is 0 Å². The zero-order valence-electron chi connectivity index (χ0n) is 10.5. The van der Waals surface area contributed by atoms with Gasteiger partial charge in [0.15, 0.2) is 0 Å². The van der Waals surface area contributed by atoms with Crippen LogP contribution >= 0.6 is 0 Å². The fourth-order valence-corrected chi connectivity index (χ4v) is 1.48. The third-order valence-electron chi connectivity index (χ3n) is 2.39. The first kappa shape index (κ1) is 14.6. The van der Waals surface area contributed by atoms with Crippen molar-refractivity contribution in [3.63, 3.8) is 0 Å². The molecule has 2 N–H and O–H groups in total. The number of benzene rings is 1. The van der Waals surface area contributed by atoms with Crippen molar-refractivity contribution in [3.05, 3.63) is 29.3 Å². The van der Waals surface area contributed by atoms with Crippen LogP contribution < -0.4 is 9.47 Å². The maximum atomic E-state index is 11.0. The fourth-order valence-electron chi connectivity index (χ4n) is 1.48. The second kappa shape index (κ2) is 6.44. The molecular weight excluding hydrogens is 252 g/mol. The van der Waals surface area contributed by atoms with Gasteiger partial charge in [0.2, 0.25) is 0 Å². The van der Waals surface area contributed by atoms with E-state index in [4.69, 9.17) is 19.7 Å². The summed E-state index contributed by atoms with van der Waals surface area (Å²) in [6.07, 6.45) is 0.708. The third kappa shape index (κ3) is 4.02. The van der Waals surface area contributed by atoms with Gasteiger partial charge in [-0.3, -0.25) is 4.79 Å². The van der Waals surface area contributed by atoms with Crippen LogP contribution in [-0.4, -0.2) is 36.4 Å². The Morgan fingerprint density at radius 1 is 1.21 bits per heavy atom. The lowest BCUT2D eigenvalue weighted by Gasteiger charge is -2.08. The molecule has 0 aromatic heterocycles. The Hall–Kier alpha value is -2.50. The minimum absolute atomic E-state index is 0.226. The molecule has 0 aliphatic heterocycles. The standard InChI is InChI=1S/C13H14O6/c1-18-10-4-3-8(11(7-10)19-2)5-9(13(16)17)6-12(14)15/h3-5,7H,6H2,1-2H3,(H,14,15)(H,16,17)/b9-5+. The maximum absolute atomic E-state index is 11.0. The van der Waals surface area contributed by atoms with Crippen molar-refractivity contribution in [3.8, 4) is 11.5 Å². The Balaban J connectivity index is 3.19. The molecule has 0 aliphatic rings. The molecule has 0 unspecified atom stereocenters. The molecule has 6 nitrogen and oxygen atoms in total. The Morgan fingerprint density at radius 3 is 2.37 bits per heavy atom. The summed E-state index contributed by atoms with van der Waals surface area (Å²) in [4.78, 5) is 21.6. The Bertz CT molecular complexity index is 518. The van der Waals surface area contributed by atoms with Crippen LogP contribution in [0.3, 0.4) is 0 Å². The van der Waals surface area contributed by atoms with Gasteiger partial charge in [-0.2, -0.15) is 0 Å². The lowest BCUT2D eigenvalue weighted by Crippen LogP contribution is -2.06. The molecule has 1 rings (SSSR count). The molecule has 0 aliphatic carbocycles. The van der Waals surface area contributed by atoms with Gasteiger partial charge in [-0.05, 0) is 18.2 Å². The van der Waals surface area contributed by atoms with Crippen LogP contribution in [0.1, 0.15) is 12.0 Å². The van der Waals surface area contributed by atoms with Gasteiger partial charge in [0.1, 0.15) is 11.5 Å². The van der Waals surface area contributed by atoms with Gasteiger partial charge >= 0.3 is 11.9 Å². The van der Waals surface area contributed by atoms with Crippen molar-refractivity contribution in [2.24, 2.45) is 0 Å². The Kier molecular flexibility index (Phi) is 4.93. The van der Waals surface area contributed by atoms with Crippen LogP contribution in [0.25, 0.3) is 6.08 Å². The van der Waals surface area contributed by atoms with E-state index in [1.807, 2.05) is 0 Å². The summed E-state index contributed by atoms with van der Waals surface area (Å²) in [5.74, 6) is -1.52. The van der Waals surface area contributed by atoms with Crippen molar-refractivity contribution in [2.45, 2.75) is 6.42 Å². The Morgan fingerprint density at radius 2 is 1.89 bits per heavy atom. The maximum Gasteiger partial charge on any atom is 0.332 e. The van der Waals surface area contributed by atoms with Gasteiger partial charge in [-0.25, -0.2) is 4.79 Å². The molecule has 19 heavy (non-hydrogen) atoms. The van der Waals surface area contributed by atoms with Crippen LogP contribution in [0.4, 0.5) is 0 Å². The van der Waals surface area contributed by atoms with Crippen molar-refractivity contribution in [1.82, 2.24) is 0 Å². The zero-order chi connectivity index (χ0) is 14.4. The average molecular weight is 266 g/mol. The second-order valence-corrected chi connectivity index (χ2v) is 3.65. The molecule has 0 saturated carbocycles. The molecule has 0 radical (unpaired) electrons. The molecule has 6 heteroatoms. The minimum Gasteiger partial charge on any atom is -0.497 e. The summed E-state index contributed by atoms with van der Waals surface area (Å²) in [6, 6.07) is 4.82. The largest absolute Gasteiger partial charge is 0.497 e. The normalized spacial score (nSPS) is 10.9. The predicted molar refractivity (Wildman–Crippen MR) is 67.4 cm³/mol. The summed E-state index contributed by atoms with van der Waals surface area (Å²) in [5.41, 5.74) is 0.248. The highest BCUT2D eigenvalue weighted by atomic mass is 16.5. The van der Waals surface area contributed by atoms with Crippen LogP contribution in [0.15, 0.2) is 23.8 Å². The van der Waals surface area contributed by atoms with Crippen molar-refractivity contribution >= 4 is 18.0 Å². The third-order valence-corrected chi connectivity index (χ3v) is 2.39. The van der Waals surface area contributed by atoms with Gasteiger partial charge in [0, 0.05) is 17.2 Å². The van der Waals surface area contributed by atoms with Crippen LogP contribution in [0.5, 0.6) is 11.5 Å². The number of carboxylic acids is 2. The fraction of sp³-hybridized carbons (Fsp3) is 0.231. The average Bonchev–Trinajstić information content (AvgIpc) is 2.37. The van der Waals surface area contributed by atoms with Gasteiger partial charge in [-0.1, -0.05) is 0 Å². The highest BCUT2D eigenvalue weighted by Crippen LogP contribution is 2.27. The number of aliphatic carboxylic acids is 2. The SMILES string of the molecule is COc1ccc(/C=C(\CC(=O)O)C(=O)O)c(OC)c1. The summed E-state index contributed by atoms with van der Waals surface area (Å²) < 4.78 is 10.1. The summed E-state index contributed by atoms with van der Waals surface area (Å²) in [6.45, 7) is 0. The smallest absolute Gasteiger partial charge is 0.332 e. The lowest BCUT2D eigenvalue weighted by molar-refractivity contribution is -0.139. The molecule has 102 valence electrons. The summed E-state index contributed by atoms with van der Waals surface area (Å²) in [5, 5.41) is 17.6. The highest BCUT2D eigenvalue weighted by Gasteiger charge is 2.13. The van der Waals surface area contributed by atoms with Gasteiger partial charge < -0.3 is 19.7 Å². The van der Waals surface area contributed by atoms with E-state index in [9.17, 15) is 9.59 Å². The van der Waals surface area contributed by atoms with E-state index in [0.29, 0.717) is 17.1 Å². The molecule has 0 fully saturated rings. The van der Waals surface area contributed by atoms with Crippen molar-refractivity contribution in [2.75, 3.05) is 14.2 Å². The second-order valence-electron chi connectivity index (χ2n) is 3.65. The molecular formula is C13H14O6. The van der Waals surface area contributed by atoms with Crippen molar-refractivity contribution in [1.29, 1.82) is 0 Å². The van der Waals surface area contributed by atoms with Gasteiger partial charge in [0.05, 0.1) is 20.6 Å². The molecule has 0 bridgehead atoms. The zero-order valence-corrected chi connectivity index (χ0v) is 10.5. The molecule has 1 aromatic rings. The molecule has 0 heterocycles. The number of methoxy groups -OCH3 is 2. The van der Waals surface area contributed by atoms with Crippen LogP contribution in [0, 0.1) is 0 Å². The molecule has 0 spiro atoms. The van der Waals surface area contributed by atoms with Crippen LogP contribution in [-0.2, 0) is 9.59 Å². The number of ether oxygens (including phenoxy) is 2. The van der Waals surface area contributed by atoms with Crippen LogP contribution in [0.2, 0.25) is 0 Å². The number of carboxylic acid groups (broad SMARTS) is 2. The summed E-state index contributed by atoms with van der Waals surface area (Å²) >= 11 is 0. The van der Waals surface area contributed by atoms with Crippen molar-refractivity contribution < 1.29 is 29.3 Å². The topological polar surface area (TPSA) is 93.1 Å². The number of hydrogen-bond donors (Lipinski definition) is 2. The quantitative estimate of drug-likeness (QED) is 0.760. The molecule has 1 aromatic carbocycles. The van der Waals surface area contributed by atoms with E-state index in [1.54, 1.807) is 18.2 Å². The minimum atomic E-state index is -1.28. The van der Waals surface area contributed by atoms with E-state index < -0.39 is 18.4 Å². The number of carbonyl (C=O) groups is 2. The first-order chi connectivity index (χ1) is 8.97. The van der Waals surface area contributed by atoms with E-state index in [-0.39, 0.29) is 5.57 Å². The van der Waals surface area contributed by atoms with Gasteiger partial charge in [-0.15, -0.1) is 0 Å². The first-order valence-electron chi connectivity index (χ1n) is 5.35. The van der Waals surface area contributed by atoms with E-state index in [2.05, 4.69) is 0 Å². The summed E-state index contributed by atoms with van der Waals surface area (Å²) in [7, 11) is 2.93. The molecule has 0 amide bonds. The number of rotatable bonds is 6. The molecule has 0 atom stereocenters.